The topological polar surface area (TPSA) is 46.3 Å². The van der Waals surface area contributed by atoms with Crippen molar-refractivity contribution in [3.8, 4) is 0 Å². The summed E-state index contributed by atoms with van der Waals surface area (Å²) in [5.41, 5.74) is 5.53. The fraction of sp³-hybridized carbons (Fsp3) is 0.875. The summed E-state index contributed by atoms with van der Waals surface area (Å²) in [4.78, 5) is 13.4. The third kappa shape index (κ3) is 2.14. The van der Waals surface area contributed by atoms with Crippen molar-refractivity contribution in [2.45, 2.75) is 25.9 Å². The summed E-state index contributed by atoms with van der Waals surface area (Å²) < 4.78 is 0. The van der Waals surface area contributed by atoms with Gasteiger partial charge in [0, 0.05) is 24.1 Å². The molecule has 1 unspecified atom stereocenters. The molecule has 1 saturated heterocycles. The Hall–Kier alpha value is -0.220. The molecule has 3 nitrogen and oxygen atoms in total. The molecule has 2 atom stereocenters. The van der Waals surface area contributed by atoms with Gasteiger partial charge in [-0.05, 0) is 13.8 Å². The van der Waals surface area contributed by atoms with Crippen LogP contribution in [0.3, 0.4) is 0 Å². The van der Waals surface area contributed by atoms with Crippen molar-refractivity contribution in [3.05, 3.63) is 0 Å². The zero-order valence-corrected chi connectivity index (χ0v) is 8.43. The number of hydrogen-bond acceptors (Lipinski definition) is 3. The third-order valence-electron chi connectivity index (χ3n) is 2.04. The molecular formula is C8H16N2OS. The van der Waals surface area contributed by atoms with E-state index >= 15 is 0 Å². The largest absolute Gasteiger partial charge is 0.337 e. The number of carbonyl (C=O) groups excluding carboxylic acids is 1. The Bertz CT molecular complexity index is 172. The number of nitrogens with zero attached hydrogens (tertiary/aromatic N) is 1. The molecule has 1 fully saturated rings. The Kier molecular flexibility index (Phi) is 3.40. The molecule has 0 aromatic rings. The lowest BCUT2D eigenvalue weighted by Crippen LogP contribution is -2.50. The van der Waals surface area contributed by atoms with Crippen LogP contribution in [0, 0.1) is 0 Å². The lowest BCUT2D eigenvalue weighted by molar-refractivity contribution is -0.133. The Morgan fingerprint density at radius 2 is 2.42 bits per heavy atom. The van der Waals surface area contributed by atoms with E-state index < -0.39 is 0 Å². The van der Waals surface area contributed by atoms with E-state index in [9.17, 15) is 4.79 Å². The normalized spacial score (nSPS) is 26.9. The molecule has 0 aromatic heterocycles. The first-order chi connectivity index (χ1) is 5.63. The van der Waals surface area contributed by atoms with E-state index in [1.165, 1.54) is 0 Å². The lowest BCUT2D eigenvalue weighted by atomic mass is 10.2. The van der Waals surface area contributed by atoms with Crippen molar-refractivity contribution in [1.82, 2.24) is 4.90 Å². The molecule has 12 heavy (non-hydrogen) atoms. The van der Waals surface area contributed by atoms with Crippen LogP contribution >= 0.6 is 11.8 Å². The molecule has 2 N–H and O–H groups in total. The van der Waals surface area contributed by atoms with Crippen molar-refractivity contribution in [1.29, 1.82) is 0 Å². The van der Waals surface area contributed by atoms with E-state index in [-0.39, 0.29) is 11.9 Å². The molecule has 0 bridgehead atoms. The molecular weight excluding hydrogens is 172 g/mol. The molecule has 1 heterocycles. The van der Waals surface area contributed by atoms with Gasteiger partial charge in [-0.3, -0.25) is 4.79 Å². The van der Waals surface area contributed by atoms with Gasteiger partial charge in [0.2, 0.25) is 5.91 Å². The summed E-state index contributed by atoms with van der Waals surface area (Å²) in [6.07, 6.45) is 0. The van der Waals surface area contributed by atoms with E-state index in [0.717, 1.165) is 18.1 Å². The van der Waals surface area contributed by atoms with Crippen molar-refractivity contribution in [2.24, 2.45) is 5.73 Å². The Labute approximate surface area is 77.7 Å². The third-order valence-corrected chi connectivity index (χ3v) is 3.23. The van der Waals surface area contributed by atoms with Gasteiger partial charge in [-0.15, -0.1) is 0 Å². The van der Waals surface area contributed by atoms with Crippen LogP contribution in [0.2, 0.25) is 0 Å². The monoisotopic (exact) mass is 188 g/mol. The molecule has 1 aliphatic heterocycles. The molecule has 0 radical (unpaired) electrons. The number of carbonyl (C=O) groups is 1. The molecule has 1 aliphatic rings. The molecule has 0 aromatic carbocycles. The fourth-order valence-corrected chi connectivity index (χ4v) is 2.33. The predicted octanol–water partition coefficient (Wildman–Crippen LogP) is 0.297. The zero-order chi connectivity index (χ0) is 9.14. The van der Waals surface area contributed by atoms with Crippen molar-refractivity contribution < 1.29 is 4.79 Å². The van der Waals surface area contributed by atoms with Gasteiger partial charge in [0.05, 0.1) is 6.04 Å². The van der Waals surface area contributed by atoms with Crippen molar-refractivity contribution in [2.75, 3.05) is 18.1 Å². The van der Waals surface area contributed by atoms with Gasteiger partial charge in [-0.2, -0.15) is 11.8 Å². The van der Waals surface area contributed by atoms with Crippen LogP contribution in [-0.4, -0.2) is 40.9 Å². The van der Waals surface area contributed by atoms with Gasteiger partial charge in [-0.25, -0.2) is 0 Å². The first kappa shape index (κ1) is 9.86. The van der Waals surface area contributed by atoms with Crippen LogP contribution in [0.5, 0.6) is 0 Å². The van der Waals surface area contributed by atoms with Gasteiger partial charge >= 0.3 is 0 Å². The summed E-state index contributed by atoms with van der Waals surface area (Å²) in [6.45, 7) is 4.68. The second kappa shape index (κ2) is 4.14. The second-order valence-electron chi connectivity index (χ2n) is 3.24. The van der Waals surface area contributed by atoms with Gasteiger partial charge in [0.1, 0.15) is 0 Å². The number of amides is 1. The standard InChI is InChI=1S/C8H16N2OS/c1-6-5-12-4-3-10(6)8(11)7(2)9/h6-7H,3-5,9H2,1-2H3/t6?,7-/m1/s1. The predicted molar refractivity (Wildman–Crippen MR) is 52.1 cm³/mol. The molecule has 70 valence electrons. The van der Waals surface area contributed by atoms with Crippen LogP contribution in [-0.2, 0) is 4.79 Å². The van der Waals surface area contributed by atoms with Gasteiger partial charge in [0.25, 0.3) is 0 Å². The average Bonchev–Trinajstić information content (AvgIpc) is 2.04. The summed E-state index contributed by atoms with van der Waals surface area (Å²) >= 11 is 1.90. The molecule has 1 rings (SSSR count). The number of thioether (sulfide) groups is 1. The van der Waals surface area contributed by atoms with Gasteiger partial charge in [0.15, 0.2) is 0 Å². The highest BCUT2D eigenvalue weighted by Gasteiger charge is 2.25. The Balaban J connectivity index is 2.53. The minimum atomic E-state index is -0.351. The molecule has 0 aliphatic carbocycles. The van der Waals surface area contributed by atoms with Crippen LogP contribution in [0.1, 0.15) is 13.8 Å². The van der Waals surface area contributed by atoms with Crippen LogP contribution in [0.25, 0.3) is 0 Å². The maximum absolute atomic E-state index is 11.5. The summed E-state index contributed by atoms with van der Waals surface area (Å²) in [7, 11) is 0. The van der Waals surface area contributed by atoms with Gasteiger partial charge in [-0.1, -0.05) is 0 Å². The molecule has 1 amide bonds. The maximum Gasteiger partial charge on any atom is 0.239 e. The number of hydrogen-bond donors (Lipinski definition) is 1. The van der Waals surface area contributed by atoms with Gasteiger partial charge < -0.3 is 10.6 Å². The van der Waals surface area contributed by atoms with Crippen LogP contribution in [0.15, 0.2) is 0 Å². The Morgan fingerprint density at radius 1 is 1.75 bits per heavy atom. The Morgan fingerprint density at radius 3 is 2.92 bits per heavy atom. The van der Waals surface area contributed by atoms with Crippen molar-refractivity contribution >= 4 is 17.7 Å². The van der Waals surface area contributed by atoms with Crippen LogP contribution < -0.4 is 5.73 Å². The zero-order valence-electron chi connectivity index (χ0n) is 7.62. The summed E-state index contributed by atoms with van der Waals surface area (Å²) in [5.74, 6) is 2.17. The summed E-state index contributed by atoms with van der Waals surface area (Å²) in [6, 6.07) is -0.00204. The minimum absolute atomic E-state index is 0.0859. The SMILES string of the molecule is CC1CSCCN1C(=O)[C@@H](C)N. The quantitative estimate of drug-likeness (QED) is 0.643. The minimum Gasteiger partial charge on any atom is -0.337 e. The van der Waals surface area contributed by atoms with E-state index in [4.69, 9.17) is 5.73 Å². The van der Waals surface area contributed by atoms with E-state index in [0.29, 0.717) is 6.04 Å². The number of nitrogens with two attached hydrogens (primary N) is 1. The first-order valence-electron chi connectivity index (χ1n) is 4.26. The van der Waals surface area contributed by atoms with E-state index in [1.807, 2.05) is 16.7 Å². The lowest BCUT2D eigenvalue weighted by Gasteiger charge is -2.34. The van der Waals surface area contributed by atoms with Crippen molar-refractivity contribution in [3.63, 3.8) is 0 Å². The highest BCUT2D eigenvalue weighted by Crippen LogP contribution is 2.16. The van der Waals surface area contributed by atoms with E-state index in [2.05, 4.69) is 6.92 Å². The summed E-state index contributed by atoms with van der Waals surface area (Å²) in [5, 5.41) is 0. The highest BCUT2D eigenvalue weighted by molar-refractivity contribution is 7.99. The average molecular weight is 188 g/mol. The maximum atomic E-state index is 11.5. The molecule has 4 heteroatoms. The van der Waals surface area contributed by atoms with Crippen LogP contribution in [0.4, 0.5) is 0 Å². The molecule has 0 saturated carbocycles. The highest BCUT2D eigenvalue weighted by atomic mass is 32.2. The number of rotatable bonds is 1. The first-order valence-corrected chi connectivity index (χ1v) is 5.42. The fourth-order valence-electron chi connectivity index (χ4n) is 1.32. The van der Waals surface area contributed by atoms with E-state index in [1.54, 1.807) is 6.92 Å². The second-order valence-corrected chi connectivity index (χ2v) is 4.39. The molecule has 0 spiro atoms. The smallest absolute Gasteiger partial charge is 0.239 e.